The highest BCUT2D eigenvalue weighted by atomic mass is 16.3. The number of benzene rings is 1. The minimum atomic E-state index is 0.130. The number of aliphatic hydroxyl groups excluding tert-OH is 1. The third kappa shape index (κ3) is 2.54. The monoisotopic (exact) mass is 245 g/mol. The Morgan fingerprint density at radius 1 is 1.22 bits per heavy atom. The summed E-state index contributed by atoms with van der Waals surface area (Å²) in [6.07, 6.45) is 0.595. The molecule has 96 valence electrons. The van der Waals surface area contributed by atoms with E-state index < -0.39 is 0 Å². The van der Waals surface area contributed by atoms with Crippen LogP contribution < -0.4 is 4.90 Å². The van der Waals surface area contributed by atoms with Gasteiger partial charge < -0.3 is 15.0 Å². The number of anilines is 1. The number of aryl methyl sites for hydroxylation is 1. The lowest BCUT2D eigenvalue weighted by atomic mass is 10.2. The standard InChI is InChI=1S/C14H19N3O/c1-10-13(8-9-18)16-14(15-10)11-4-6-12(7-5-11)17(2)3/h4-7,18H,8-9H2,1-3H3,(H,15,16). The van der Waals surface area contributed by atoms with Gasteiger partial charge in [-0.15, -0.1) is 0 Å². The lowest BCUT2D eigenvalue weighted by Gasteiger charge is -2.12. The minimum absolute atomic E-state index is 0.130. The smallest absolute Gasteiger partial charge is 0.137 e. The van der Waals surface area contributed by atoms with Gasteiger partial charge in [-0.25, -0.2) is 4.98 Å². The minimum Gasteiger partial charge on any atom is -0.396 e. The van der Waals surface area contributed by atoms with Crippen molar-refractivity contribution in [3.63, 3.8) is 0 Å². The zero-order chi connectivity index (χ0) is 13.1. The van der Waals surface area contributed by atoms with Crippen LogP contribution in [0.4, 0.5) is 5.69 Å². The number of nitrogens with one attached hydrogen (secondary N) is 1. The Hall–Kier alpha value is -1.81. The van der Waals surface area contributed by atoms with E-state index in [-0.39, 0.29) is 6.61 Å². The Kier molecular flexibility index (Phi) is 3.67. The second-order valence-electron chi connectivity index (χ2n) is 4.57. The summed E-state index contributed by atoms with van der Waals surface area (Å²) in [6, 6.07) is 8.24. The molecule has 0 spiro atoms. The van der Waals surface area contributed by atoms with Crippen LogP contribution in [0.5, 0.6) is 0 Å². The first-order valence-electron chi connectivity index (χ1n) is 6.06. The van der Waals surface area contributed by atoms with Gasteiger partial charge in [-0.3, -0.25) is 0 Å². The van der Waals surface area contributed by atoms with Gasteiger partial charge in [0.15, 0.2) is 0 Å². The Bertz CT molecular complexity index is 514. The molecule has 1 heterocycles. The van der Waals surface area contributed by atoms with Crippen LogP contribution in [0.1, 0.15) is 11.4 Å². The number of hydrogen-bond donors (Lipinski definition) is 2. The molecule has 0 saturated heterocycles. The molecule has 2 rings (SSSR count). The number of nitrogens with zero attached hydrogens (tertiary/aromatic N) is 2. The van der Waals surface area contributed by atoms with Crippen molar-refractivity contribution in [2.24, 2.45) is 0 Å². The zero-order valence-electron chi connectivity index (χ0n) is 11.1. The molecule has 1 aromatic heterocycles. The number of aromatic amines is 1. The van der Waals surface area contributed by atoms with E-state index in [4.69, 9.17) is 5.11 Å². The molecule has 4 nitrogen and oxygen atoms in total. The molecule has 0 fully saturated rings. The van der Waals surface area contributed by atoms with Crippen LogP contribution in [0.2, 0.25) is 0 Å². The average Bonchev–Trinajstić information content (AvgIpc) is 2.72. The zero-order valence-corrected chi connectivity index (χ0v) is 11.1. The van der Waals surface area contributed by atoms with Crippen LogP contribution in [-0.2, 0) is 6.42 Å². The number of aromatic nitrogens is 2. The van der Waals surface area contributed by atoms with Crippen molar-refractivity contribution in [1.82, 2.24) is 9.97 Å². The summed E-state index contributed by atoms with van der Waals surface area (Å²) in [4.78, 5) is 9.84. The molecule has 0 aliphatic rings. The van der Waals surface area contributed by atoms with E-state index in [1.165, 1.54) is 0 Å². The summed E-state index contributed by atoms with van der Waals surface area (Å²) in [6.45, 7) is 2.11. The van der Waals surface area contributed by atoms with E-state index in [9.17, 15) is 0 Å². The molecule has 4 heteroatoms. The first-order chi connectivity index (χ1) is 8.61. The maximum absolute atomic E-state index is 8.96. The van der Waals surface area contributed by atoms with Crippen LogP contribution in [0.15, 0.2) is 24.3 Å². The van der Waals surface area contributed by atoms with Crippen LogP contribution >= 0.6 is 0 Å². The van der Waals surface area contributed by atoms with Gasteiger partial charge >= 0.3 is 0 Å². The number of aliphatic hydroxyl groups is 1. The predicted octanol–water partition coefficient (Wildman–Crippen LogP) is 1.99. The van der Waals surface area contributed by atoms with Crippen LogP contribution in [0.25, 0.3) is 11.4 Å². The Morgan fingerprint density at radius 3 is 2.44 bits per heavy atom. The van der Waals surface area contributed by atoms with Gasteiger partial charge in [0.2, 0.25) is 0 Å². The Balaban J connectivity index is 2.28. The third-order valence-electron chi connectivity index (χ3n) is 2.99. The largest absolute Gasteiger partial charge is 0.396 e. The molecule has 0 radical (unpaired) electrons. The van der Waals surface area contributed by atoms with Gasteiger partial charge in [-0.2, -0.15) is 0 Å². The Morgan fingerprint density at radius 2 is 1.89 bits per heavy atom. The molecule has 0 saturated carbocycles. The van der Waals surface area contributed by atoms with Crippen molar-refractivity contribution < 1.29 is 5.11 Å². The van der Waals surface area contributed by atoms with Crippen molar-refractivity contribution >= 4 is 5.69 Å². The molecule has 0 amide bonds. The van der Waals surface area contributed by atoms with Crippen molar-refractivity contribution in [3.05, 3.63) is 35.7 Å². The SMILES string of the molecule is Cc1[nH]c(-c2ccc(N(C)C)cc2)nc1CCO. The fraction of sp³-hybridized carbons (Fsp3) is 0.357. The lowest BCUT2D eigenvalue weighted by Crippen LogP contribution is -2.07. The van der Waals surface area contributed by atoms with Gasteiger partial charge in [-0.05, 0) is 31.2 Å². The van der Waals surface area contributed by atoms with Crippen molar-refractivity contribution in [3.8, 4) is 11.4 Å². The second kappa shape index (κ2) is 5.23. The van der Waals surface area contributed by atoms with Crippen LogP contribution in [-0.4, -0.2) is 35.8 Å². The summed E-state index contributed by atoms with van der Waals surface area (Å²) < 4.78 is 0. The normalized spacial score (nSPS) is 10.7. The number of imidazole rings is 1. The van der Waals surface area contributed by atoms with E-state index in [1.807, 2.05) is 21.0 Å². The molecule has 0 aliphatic carbocycles. The summed E-state index contributed by atoms with van der Waals surface area (Å²) in [7, 11) is 4.04. The maximum atomic E-state index is 8.96. The molecule has 0 aliphatic heterocycles. The fourth-order valence-electron chi connectivity index (χ4n) is 1.90. The predicted molar refractivity (Wildman–Crippen MR) is 73.9 cm³/mol. The van der Waals surface area contributed by atoms with Crippen LogP contribution in [0.3, 0.4) is 0 Å². The van der Waals surface area contributed by atoms with Gasteiger partial charge in [-0.1, -0.05) is 0 Å². The van der Waals surface area contributed by atoms with Crippen molar-refractivity contribution in [2.75, 3.05) is 25.6 Å². The van der Waals surface area contributed by atoms with E-state index in [1.54, 1.807) is 0 Å². The molecule has 18 heavy (non-hydrogen) atoms. The lowest BCUT2D eigenvalue weighted by molar-refractivity contribution is 0.298. The highest BCUT2D eigenvalue weighted by Gasteiger charge is 2.08. The van der Waals surface area contributed by atoms with E-state index in [0.717, 1.165) is 28.5 Å². The average molecular weight is 245 g/mol. The first-order valence-corrected chi connectivity index (χ1v) is 6.06. The summed E-state index contributed by atoms with van der Waals surface area (Å²) in [5.74, 6) is 0.862. The van der Waals surface area contributed by atoms with Crippen molar-refractivity contribution in [1.29, 1.82) is 0 Å². The Labute approximate surface area is 107 Å². The van der Waals surface area contributed by atoms with Gasteiger partial charge in [0, 0.05) is 44.1 Å². The van der Waals surface area contributed by atoms with E-state index in [0.29, 0.717) is 6.42 Å². The number of hydrogen-bond acceptors (Lipinski definition) is 3. The molecule has 0 unspecified atom stereocenters. The first kappa shape index (κ1) is 12.6. The molecular weight excluding hydrogens is 226 g/mol. The third-order valence-corrected chi connectivity index (χ3v) is 2.99. The molecule has 2 aromatic rings. The highest BCUT2D eigenvalue weighted by molar-refractivity contribution is 5.60. The summed E-state index contributed by atoms with van der Waals surface area (Å²) in [5.41, 5.74) is 4.19. The van der Waals surface area contributed by atoms with E-state index >= 15 is 0 Å². The van der Waals surface area contributed by atoms with Gasteiger partial charge in [0.1, 0.15) is 5.82 Å². The van der Waals surface area contributed by atoms with E-state index in [2.05, 4.69) is 39.1 Å². The van der Waals surface area contributed by atoms with Gasteiger partial charge in [0.05, 0.1) is 5.69 Å². The second-order valence-corrected chi connectivity index (χ2v) is 4.57. The van der Waals surface area contributed by atoms with Gasteiger partial charge in [0.25, 0.3) is 0 Å². The topological polar surface area (TPSA) is 52.2 Å². The molecule has 0 atom stereocenters. The number of H-pyrrole nitrogens is 1. The fourth-order valence-corrected chi connectivity index (χ4v) is 1.90. The molecule has 0 bridgehead atoms. The molecular formula is C14H19N3O. The molecule has 2 N–H and O–H groups in total. The maximum Gasteiger partial charge on any atom is 0.137 e. The quantitative estimate of drug-likeness (QED) is 0.866. The summed E-state index contributed by atoms with van der Waals surface area (Å²) >= 11 is 0. The van der Waals surface area contributed by atoms with Crippen LogP contribution in [0, 0.1) is 6.92 Å². The summed E-state index contributed by atoms with van der Waals surface area (Å²) in [5, 5.41) is 8.96. The highest BCUT2D eigenvalue weighted by Crippen LogP contribution is 2.21. The van der Waals surface area contributed by atoms with Crippen molar-refractivity contribution in [2.45, 2.75) is 13.3 Å². The molecule has 1 aromatic carbocycles. The number of rotatable bonds is 4.